The fraction of sp³-hybridized carbons (Fsp3) is 0.357. The molecule has 0 radical (unpaired) electrons. The van der Waals surface area contributed by atoms with E-state index in [1.165, 1.54) is 48.2 Å². The highest BCUT2D eigenvalue weighted by Crippen LogP contribution is 2.47. The van der Waals surface area contributed by atoms with Crippen LogP contribution in [0.3, 0.4) is 0 Å². The van der Waals surface area contributed by atoms with Gasteiger partial charge in [-0.15, -0.1) is 0 Å². The summed E-state index contributed by atoms with van der Waals surface area (Å²) in [5.41, 5.74) is 4.98. The first-order valence-electron chi connectivity index (χ1n) is 11.7. The predicted molar refractivity (Wildman–Crippen MR) is 127 cm³/mol. The Morgan fingerprint density at radius 2 is 1.50 bits per heavy atom. The van der Waals surface area contributed by atoms with Crippen molar-refractivity contribution in [1.82, 2.24) is 4.90 Å². The van der Waals surface area contributed by atoms with Gasteiger partial charge in [-0.2, -0.15) is 0 Å². The largest absolute Gasteiger partial charge is 0.508 e. The molecule has 3 aromatic carbocycles. The second-order valence-corrected chi connectivity index (χ2v) is 9.06. The topological polar surface area (TPSA) is 52.9 Å². The molecule has 32 heavy (non-hydrogen) atoms. The molecule has 1 fully saturated rings. The molecule has 2 atom stereocenters. The van der Waals surface area contributed by atoms with E-state index in [1.54, 1.807) is 18.2 Å². The maximum absolute atomic E-state index is 10.0. The van der Waals surface area contributed by atoms with E-state index in [4.69, 9.17) is 4.74 Å². The van der Waals surface area contributed by atoms with Crippen molar-refractivity contribution in [2.45, 2.75) is 37.5 Å². The number of hydrogen-bond donors (Lipinski definition) is 2. The second kappa shape index (κ2) is 9.25. The van der Waals surface area contributed by atoms with E-state index in [9.17, 15) is 10.2 Å². The van der Waals surface area contributed by atoms with Gasteiger partial charge in [-0.05, 0) is 103 Å². The molecule has 3 aromatic rings. The van der Waals surface area contributed by atoms with E-state index >= 15 is 0 Å². The molecule has 4 nitrogen and oxygen atoms in total. The first-order chi connectivity index (χ1) is 15.7. The van der Waals surface area contributed by atoms with E-state index in [0.29, 0.717) is 17.4 Å². The van der Waals surface area contributed by atoms with Crippen LogP contribution in [0.15, 0.2) is 66.7 Å². The molecular formula is C28H31NO3. The molecule has 0 unspecified atom stereocenters. The van der Waals surface area contributed by atoms with Gasteiger partial charge in [0.15, 0.2) is 0 Å². The molecule has 166 valence electrons. The van der Waals surface area contributed by atoms with Crippen molar-refractivity contribution in [3.8, 4) is 17.2 Å². The quantitative estimate of drug-likeness (QED) is 0.548. The molecule has 1 saturated heterocycles. The zero-order valence-electron chi connectivity index (χ0n) is 18.4. The maximum Gasteiger partial charge on any atom is 0.119 e. The first-order valence-corrected chi connectivity index (χ1v) is 11.7. The standard InChI is InChI=1S/C28H31NO3/c30-23-8-3-20(4-9-23)26-13-7-22-19-24(31)10-14-27(22)28(26)21-5-11-25(12-6-21)32-18-17-29-15-1-2-16-29/h3-6,8-12,14,19,26,28,30-31H,1-2,7,13,15-18H2/t26-,28+/m1/s1. The molecule has 0 spiro atoms. The number of ether oxygens (including phenoxy) is 1. The number of nitrogens with zero attached hydrogens (tertiary/aromatic N) is 1. The second-order valence-electron chi connectivity index (χ2n) is 9.06. The molecule has 0 amide bonds. The van der Waals surface area contributed by atoms with Gasteiger partial charge in [0.2, 0.25) is 0 Å². The molecule has 1 aliphatic heterocycles. The molecule has 1 aliphatic carbocycles. The average molecular weight is 430 g/mol. The van der Waals surface area contributed by atoms with Gasteiger partial charge in [0.25, 0.3) is 0 Å². The summed E-state index contributed by atoms with van der Waals surface area (Å²) in [5, 5.41) is 19.8. The highest BCUT2D eigenvalue weighted by molar-refractivity contribution is 5.48. The van der Waals surface area contributed by atoms with Crippen LogP contribution in [-0.2, 0) is 6.42 Å². The van der Waals surface area contributed by atoms with Gasteiger partial charge in [-0.25, -0.2) is 0 Å². The highest BCUT2D eigenvalue weighted by Gasteiger charge is 2.32. The summed E-state index contributed by atoms with van der Waals surface area (Å²) in [4.78, 5) is 2.46. The smallest absolute Gasteiger partial charge is 0.119 e. The lowest BCUT2D eigenvalue weighted by Gasteiger charge is -2.35. The fourth-order valence-corrected chi connectivity index (χ4v) is 5.37. The molecule has 0 saturated carbocycles. The summed E-state index contributed by atoms with van der Waals surface area (Å²) in [7, 11) is 0. The Kier molecular flexibility index (Phi) is 6.04. The van der Waals surface area contributed by atoms with Gasteiger partial charge in [0.1, 0.15) is 23.9 Å². The van der Waals surface area contributed by atoms with Crippen LogP contribution in [-0.4, -0.2) is 41.4 Å². The van der Waals surface area contributed by atoms with Crippen LogP contribution in [0, 0.1) is 0 Å². The molecule has 5 rings (SSSR count). The Hall–Kier alpha value is -2.98. The predicted octanol–water partition coefficient (Wildman–Crippen LogP) is 5.43. The summed E-state index contributed by atoms with van der Waals surface area (Å²) in [6.45, 7) is 4.10. The third-order valence-electron chi connectivity index (χ3n) is 7.02. The van der Waals surface area contributed by atoms with Gasteiger partial charge in [-0.1, -0.05) is 30.3 Å². The van der Waals surface area contributed by atoms with E-state index < -0.39 is 0 Å². The lowest BCUT2D eigenvalue weighted by atomic mass is 9.69. The van der Waals surface area contributed by atoms with Crippen molar-refractivity contribution >= 4 is 0 Å². The van der Waals surface area contributed by atoms with Gasteiger partial charge >= 0.3 is 0 Å². The molecule has 0 aromatic heterocycles. The lowest BCUT2D eigenvalue weighted by Crippen LogP contribution is -2.25. The zero-order chi connectivity index (χ0) is 21.9. The number of aromatic hydroxyl groups is 2. The molecule has 1 heterocycles. The van der Waals surface area contributed by atoms with Crippen molar-refractivity contribution in [3.05, 3.63) is 89.0 Å². The Bertz CT molecular complexity index is 1040. The van der Waals surface area contributed by atoms with Crippen molar-refractivity contribution in [2.75, 3.05) is 26.2 Å². The molecular weight excluding hydrogens is 398 g/mol. The number of benzene rings is 3. The van der Waals surface area contributed by atoms with E-state index in [-0.39, 0.29) is 5.92 Å². The highest BCUT2D eigenvalue weighted by atomic mass is 16.5. The van der Waals surface area contributed by atoms with Gasteiger partial charge in [0.05, 0.1) is 0 Å². The number of rotatable bonds is 6. The van der Waals surface area contributed by atoms with Crippen LogP contribution < -0.4 is 4.74 Å². The van der Waals surface area contributed by atoms with Crippen molar-refractivity contribution in [1.29, 1.82) is 0 Å². The van der Waals surface area contributed by atoms with Crippen LogP contribution in [0.4, 0.5) is 0 Å². The maximum atomic E-state index is 10.0. The summed E-state index contributed by atoms with van der Waals surface area (Å²) in [6, 6.07) is 21.9. The van der Waals surface area contributed by atoms with Gasteiger partial charge in [-0.3, -0.25) is 4.90 Å². The number of phenols is 2. The lowest BCUT2D eigenvalue weighted by molar-refractivity contribution is 0.237. The molecule has 2 N–H and O–H groups in total. The monoisotopic (exact) mass is 429 g/mol. The van der Waals surface area contributed by atoms with E-state index in [0.717, 1.165) is 31.7 Å². The fourth-order valence-electron chi connectivity index (χ4n) is 5.37. The Morgan fingerprint density at radius 3 is 2.25 bits per heavy atom. The molecule has 2 aliphatic rings. The minimum Gasteiger partial charge on any atom is -0.508 e. The van der Waals surface area contributed by atoms with E-state index in [1.807, 2.05) is 18.2 Å². The third-order valence-corrected chi connectivity index (χ3v) is 7.02. The third kappa shape index (κ3) is 4.46. The Balaban J connectivity index is 1.39. The summed E-state index contributed by atoms with van der Waals surface area (Å²) < 4.78 is 6.02. The van der Waals surface area contributed by atoms with Crippen LogP contribution >= 0.6 is 0 Å². The van der Waals surface area contributed by atoms with Crippen LogP contribution in [0.25, 0.3) is 0 Å². The van der Waals surface area contributed by atoms with Gasteiger partial charge < -0.3 is 14.9 Å². The zero-order valence-corrected chi connectivity index (χ0v) is 18.4. The number of likely N-dealkylation sites (tertiary alicyclic amines) is 1. The number of fused-ring (bicyclic) bond motifs is 1. The SMILES string of the molecule is Oc1ccc([C@H]2CCc3cc(O)ccc3[C@H]2c2ccc(OCCN3CCCC3)cc2)cc1. The minimum absolute atomic E-state index is 0.197. The van der Waals surface area contributed by atoms with E-state index in [2.05, 4.69) is 35.2 Å². The Morgan fingerprint density at radius 1 is 0.812 bits per heavy atom. The minimum atomic E-state index is 0.197. The Labute approximate surface area is 190 Å². The van der Waals surface area contributed by atoms with Crippen LogP contribution in [0.1, 0.15) is 53.4 Å². The van der Waals surface area contributed by atoms with Crippen LogP contribution in [0.5, 0.6) is 17.2 Å². The van der Waals surface area contributed by atoms with Gasteiger partial charge in [0, 0.05) is 12.5 Å². The number of phenolic OH excluding ortho intramolecular Hbond substituents is 2. The molecule has 0 bridgehead atoms. The number of hydrogen-bond acceptors (Lipinski definition) is 4. The van der Waals surface area contributed by atoms with Crippen molar-refractivity contribution in [3.63, 3.8) is 0 Å². The average Bonchev–Trinajstić information content (AvgIpc) is 3.33. The summed E-state index contributed by atoms with van der Waals surface area (Å²) >= 11 is 0. The summed E-state index contributed by atoms with van der Waals surface area (Å²) in [6.07, 6.45) is 4.54. The first kappa shape index (κ1) is 20.9. The normalized spacial score (nSPS) is 20.8. The molecule has 4 heteroatoms. The van der Waals surface area contributed by atoms with Crippen LogP contribution in [0.2, 0.25) is 0 Å². The summed E-state index contributed by atoms with van der Waals surface area (Å²) in [5.74, 6) is 2.04. The van der Waals surface area contributed by atoms with Crippen molar-refractivity contribution < 1.29 is 14.9 Å². The van der Waals surface area contributed by atoms with Crippen molar-refractivity contribution in [2.24, 2.45) is 0 Å². The number of aryl methyl sites for hydroxylation is 1.